The molecule has 2 aromatic heterocycles. The molecule has 10 heteroatoms. The summed E-state index contributed by atoms with van der Waals surface area (Å²) in [6.07, 6.45) is 6.53. The number of furan rings is 1. The van der Waals surface area contributed by atoms with Gasteiger partial charge in [0.1, 0.15) is 11.1 Å². The maximum atomic E-state index is 12.3. The molecular weight excluding hydrogens is 434 g/mol. The minimum absolute atomic E-state index is 0.0152. The smallest absolute Gasteiger partial charge is 0.409 e. The summed E-state index contributed by atoms with van der Waals surface area (Å²) in [5.41, 5.74) is 2.20. The van der Waals surface area contributed by atoms with E-state index in [1.165, 1.54) is 41.9 Å². The van der Waals surface area contributed by atoms with Crippen LogP contribution in [0.3, 0.4) is 0 Å². The molecule has 2 unspecified atom stereocenters. The number of anilines is 1. The Balaban J connectivity index is 1.58. The number of fused-ring (bicyclic) bond motifs is 1. The number of amides is 2. The predicted molar refractivity (Wildman–Crippen MR) is 118 cm³/mol. The topological polar surface area (TPSA) is 136 Å². The molecular formula is C22H25N3O6S. The average molecular weight is 460 g/mol. The molecule has 2 amide bonds. The fraction of sp³-hybridized carbons (Fsp3) is 0.409. The average Bonchev–Trinajstić information content (AvgIpc) is 3.42. The van der Waals surface area contributed by atoms with E-state index in [-0.39, 0.29) is 25.0 Å². The highest BCUT2D eigenvalue weighted by atomic mass is 32.1. The summed E-state index contributed by atoms with van der Waals surface area (Å²) in [6, 6.07) is 3.93. The van der Waals surface area contributed by atoms with Gasteiger partial charge >= 0.3 is 6.09 Å². The molecule has 2 heterocycles. The number of hydrogen-bond donors (Lipinski definition) is 3. The Morgan fingerprint density at radius 2 is 2.34 bits per heavy atom. The van der Waals surface area contributed by atoms with Crippen molar-refractivity contribution in [2.45, 2.75) is 25.4 Å². The maximum absolute atomic E-state index is 12.3. The number of rotatable bonds is 8. The van der Waals surface area contributed by atoms with Crippen molar-refractivity contribution in [3.05, 3.63) is 46.2 Å². The molecule has 3 N–H and O–H groups in total. The van der Waals surface area contributed by atoms with Crippen molar-refractivity contribution >= 4 is 34.4 Å². The van der Waals surface area contributed by atoms with Crippen LogP contribution in [0.2, 0.25) is 0 Å². The molecule has 2 atom stereocenters. The lowest BCUT2D eigenvalue weighted by molar-refractivity contribution is -0.111. The van der Waals surface area contributed by atoms with Gasteiger partial charge in [-0.05, 0) is 42.9 Å². The van der Waals surface area contributed by atoms with Crippen molar-refractivity contribution in [3.8, 4) is 6.07 Å². The van der Waals surface area contributed by atoms with Crippen LogP contribution in [0.1, 0.15) is 28.0 Å². The normalized spacial score (nSPS) is 16.2. The number of aliphatic hydroxyl groups is 2. The van der Waals surface area contributed by atoms with Crippen LogP contribution in [0, 0.1) is 17.2 Å². The second-order valence-electron chi connectivity index (χ2n) is 7.60. The number of nitrogens with one attached hydrogen (secondary N) is 1. The number of thiophene rings is 1. The highest BCUT2D eigenvalue weighted by Gasteiger charge is 2.27. The van der Waals surface area contributed by atoms with Gasteiger partial charge in [-0.2, -0.15) is 5.26 Å². The van der Waals surface area contributed by atoms with Crippen molar-refractivity contribution in [2.24, 2.45) is 5.92 Å². The molecule has 9 nitrogen and oxygen atoms in total. The number of ether oxygens (including phenoxy) is 1. The van der Waals surface area contributed by atoms with Gasteiger partial charge in [-0.25, -0.2) is 4.79 Å². The highest BCUT2D eigenvalue weighted by molar-refractivity contribution is 7.16. The van der Waals surface area contributed by atoms with E-state index in [4.69, 9.17) is 14.3 Å². The number of nitrogens with zero attached hydrogens (tertiary/aromatic N) is 2. The van der Waals surface area contributed by atoms with E-state index in [2.05, 4.69) is 11.4 Å². The first-order valence-electron chi connectivity index (χ1n) is 10.1. The predicted octanol–water partition coefficient (Wildman–Crippen LogP) is 2.39. The Bertz CT molecular complexity index is 1010. The molecule has 32 heavy (non-hydrogen) atoms. The van der Waals surface area contributed by atoms with E-state index in [0.717, 1.165) is 22.4 Å². The zero-order chi connectivity index (χ0) is 23.1. The fourth-order valence-corrected chi connectivity index (χ4v) is 4.76. The molecule has 0 spiro atoms. The minimum atomic E-state index is -1.01. The molecule has 0 radical (unpaired) electrons. The van der Waals surface area contributed by atoms with E-state index in [9.17, 15) is 20.0 Å². The molecule has 1 aliphatic rings. The van der Waals surface area contributed by atoms with E-state index >= 15 is 0 Å². The Labute approximate surface area is 189 Å². The molecule has 0 saturated carbocycles. The SMILES string of the molecule is CN(CC(O)CO)C(=O)OCC1CCc2c(sc(NC(=O)C=Cc3ccoc3)c2C#N)C1. The van der Waals surface area contributed by atoms with Crippen LogP contribution in [0.5, 0.6) is 0 Å². The molecule has 0 aromatic carbocycles. The van der Waals surface area contributed by atoms with Gasteiger partial charge < -0.3 is 29.6 Å². The van der Waals surface area contributed by atoms with Gasteiger partial charge in [0.25, 0.3) is 0 Å². The molecule has 0 fully saturated rings. The Morgan fingerprint density at radius 1 is 1.53 bits per heavy atom. The third-order valence-electron chi connectivity index (χ3n) is 5.14. The lowest BCUT2D eigenvalue weighted by atomic mass is 9.88. The van der Waals surface area contributed by atoms with Gasteiger partial charge in [0.05, 0.1) is 44.0 Å². The van der Waals surface area contributed by atoms with Gasteiger partial charge in [0, 0.05) is 23.6 Å². The van der Waals surface area contributed by atoms with E-state index in [0.29, 0.717) is 23.4 Å². The first-order valence-corrected chi connectivity index (χ1v) is 11.0. The summed E-state index contributed by atoms with van der Waals surface area (Å²) < 4.78 is 10.3. The molecule has 2 aromatic rings. The van der Waals surface area contributed by atoms with Crippen LogP contribution in [0.15, 0.2) is 29.1 Å². The summed E-state index contributed by atoms with van der Waals surface area (Å²) in [4.78, 5) is 26.6. The molecule has 1 aliphatic carbocycles. The molecule has 0 saturated heterocycles. The van der Waals surface area contributed by atoms with Gasteiger partial charge in [-0.15, -0.1) is 11.3 Å². The second kappa shape index (κ2) is 10.9. The first kappa shape index (κ1) is 23.5. The van der Waals surface area contributed by atoms with E-state index in [1.807, 2.05) is 0 Å². The van der Waals surface area contributed by atoms with Crippen molar-refractivity contribution in [3.63, 3.8) is 0 Å². The van der Waals surface area contributed by atoms with E-state index in [1.54, 1.807) is 12.1 Å². The number of aliphatic hydroxyl groups excluding tert-OH is 2. The monoisotopic (exact) mass is 459 g/mol. The van der Waals surface area contributed by atoms with Crippen LogP contribution in [0.25, 0.3) is 6.08 Å². The number of hydrogen-bond acceptors (Lipinski definition) is 8. The Kier molecular flexibility index (Phi) is 8.05. The Hall–Kier alpha value is -3.13. The minimum Gasteiger partial charge on any atom is -0.472 e. The number of likely N-dealkylation sites (N-methyl/N-ethyl adjacent to an activating group) is 1. The summed E-state index contributed by atoms with van der Waals surface area (Å²) in [6.45, 7) is -0.230. The zero-order valence-corrected chi connectivity index (χ0v) is 18.4. The first-order chi connectivity index (χ1) is 15.4. The standard InChI is InChI=1S/C22H25N3O6S/c1-25(10-16(27)11-26)22(29)31-13-15-2-4-17-18(9-23)21(32-19(17)8-15)24-20(28)5-3-14-6-7-30-12-14/h3,5-7,12,15-16,26-27H,2,4,8,10-11,13H2,1H3,(H,24,28). The molecule has 170 valence electrons. The summed E-state index contributed by atoms with van der Waals surface area (Å²) in [5, 5.41) is 31.2. The largest absolute Gasteiger partial charge is 0.472 e. The summed E-state index contributed by atoms with van der Waals surface area (Å²) >= 11 is 1.38. The van der Waals surface area contributed by atoms with Crippen LogP contribution in [0.4, 0.5) is 9.80 Å². The van der Waals surface area contributed by atoms with Crippen molar-refractivity contribution in [1.29, 1.82) is 5.26 Å². The molecule has 0 aliphatic heterocycles. The number of nitriles is 1. The fourth-order valence-electron chi connectivity index (χ4n) is 3.45. The highest BCUT2D eigenvalue weighted by Crippen LogP contribution is 2.39. The summed E-state index contributed by atoms with van der Waals surface area (Å²) in [7, 11) is 1.49. The number of carbonyl (C=O) groups is 2. The molecule has 3 rings (SSSR count). The van der Waals surface area contributed by atoms with Gasteiger partial charge in [-0.1, -0.05) is 0 Å². The van der Waals surface area contributed by atoms with E-state index < -0.39 is 18.8 Å². The lowest BCUT2D eigenvalue weighted by Gasteiger charge is -2.24. The van der Waals surface area contributed by atoms with Crippen molar-refractivity contribution in [1.82, 2.24) is 4.90 Å². The Morgan fingerprint density at radius 3 is 3.03 bits per heavy atom. The lowest BCUT2D eigenvalue weighted by Crippen LogP contribution is -2.37. The molecule has 0 bridgehead atoms. The summed E-state index contributed by atoms with van der Waals surface area (Å²) in [5.74, 6) is -0.239. The van der Waals surface area contributed by atoms with Crippen LogP contribution < -0.4 is 5.32 Å². The van der Waals surface area contributed by atoms with Crippen LogP contribution >= 0.6 is 11.3 Å². The number of carbonyl (C=O) groups excluding carboxylic acids is 2. The quantitative estimate of drug-likeness (QED) is 0.516. The van der Waals surface area contributed by atoms with Crippen LogP contribution in [-0.4, -0.2) is 60.0 Å². The third-order valence-corrected chi connectivity index (χ3v) is 6.31. The van der Waals surface area contributed by atoms with Crippen molar-refractivity contribution < 1.29 is 29.0 Å². The van der Waals surface area contributed by atoms with Crippen molar-refractivity contribution in [2.75, 3.05) is 32.1 Å². The van der Waals surface area contributed by atoms with Gasteiger partial charge in [0.15, 0.2) is 0 Å². The zero-order valence-electron chi connectivity index (χ0n) is 17.6. The van der Waals surface area contributed by atoms with Crippen LogP contribution in [-0.2, 0) is 22.4 Å². The van der Waals surface area contributed by atoms with Gasteiger partial charge in [0.2, 0.25) is 5.91 Å². The second-order valence-corrected chi connectivity index (χ2v) is 8.71. The van der Waals surface area contributed by atoms with Gasteiger partial charge in [-0.3, -0.25) is 4.79 Å². The maximum Gasteiger partial charge on any atom is 0.409 e. The third kappa shape index (κ3) is 5.97.